The summed E-state index contributed by atoms with van der Waals surface area (Å²) in [4.78, 5) is 0. The summed E-state index contributed by atoms with van der Waals surface area (Å²) in [5.74, 6) is 0. The number of hydrogen-bond acceptors (Lipinski definition) is 2. The van der Waals surface area contributed by atoms with Gasteiger partial charge in [-0.15, -0.1) is 0 Å². The van der Waals surface area contributed by atoms with Gasteiger partial charge in [-0.3, -0.25) is 0 Å². The van der Waals surface area contributed by atoms with E-state index >= 15 is 0 Å². The van der Waals surface area contributed by atoms with E-state index in [0.717, 1.165) is 32.6 Å². The van der Waals surface area contributed by atoms with Crippen LogP contribution in [0.2, 0.25) is 0 Å². The highest BCUT2D eigenvalue weighted by molar-refractivity contribution is 9.10. The molecule has 1 saturated heterocycles. The smallest absolute Gasteiger partial charge is 0.0480 e. The van der Waals surface area contributed by atoms with E-state index in [2.05, 4.69) is 46.4 Å². The maximum Gasteiger partial charge on any atom is 0.0480 e. The molecule has 1 heterocycles. The van der Waals surface area contributed by atoms with E-state index in [9.17, 15) is 0 Å². The summed E-state index contributed by atoms with van der Waals surface area (Å²) in [6.07, 6.45) is 2.26. The van der Waals surface area contributed by atoms with E-state index in [1.165, 1.54) is 15.6 Å². The van der Waals surface area contributed by atoms with E-state index < -0.39 is 0 Å². The molecule has 0 aliphatic carbocycles. The molecular weight excluding hydrogens is 266 g/mol. The van der Waals surface area contributed by atoms with Crippen LogP contribution in [0.4, 0.5) is 0 Å². The molecule has 1 N–H and O–H groups in total. The Kier molecular flexibility index (Phi) is 4.38. The van der Waals surface area contributed by atoms with Crippen molar-refractivity contribution in [2.75, 3.05) is 13.2 Å². The van der Waals surface area contributed by atoms with Crippen LogP contribution < -0.4 is 5.32 Å². The van der Waals surface area contributed by atoms with E-state index in [-0.39, 0.29) is 0 Å². The molecule has 3 heteroatoms. The molecule has 0 bridgehead atoms. The molecule has 0 unspecified atom stereocenters. The summed E-state index contributed by atoms with van der Waals surface area (Å²) in [5.41, 5.74) is 2.64. The summed E-state index contributed by atoms with van der Waals surface area (Å²) in [6.45, 7) is 4.86. The number of nitrogens with one attached hydrogen (secondary N) is 1. The van der Waals surface area contributed by atoms with Gasteiger partial charge in [-0.2, -0.15) is 0 Å². The lowest BCUT2D eigenvalue weighted by molar-refractivity contribution is 0.0776. The van der Waals surface area contributed by atoms with Gasteiger partial charge < -0.3 is 10.1 Å². The van der Waals surface area contributed by atoms with Gasteiger partial charge in [0, 0.05) is 30.3 Å². The second-order valence-corrected chi connectivity index (χ2v) is 5.11. The largest absolute Gasteiger partial charge is 0.381 e. The Labute approximate surface area is 106 Å². The van der Waals surface area contributed by atoms with Gasteiger partial charge in [0.25, 0.3) is 0 Å². The molecule has 0 amide bonds. The second-order valence-electron chi connectivity index (χ2n) is 4.32. The number of aryl methyl sites for hydroxylation is 1. The first-order valence-electron chi connectivity index (χ1n) is 5.82. The Bertz CT molecular complexity index is 348. The number of benzene rings is 1. The number of ether oxygens (including phenoxy) is 1. The molecule has 0 saturated carbocycles. The predicted octanol–water partition coefficient (Wildman–Crippen LogP) is 3.03. The highest BCUT2D eigenvalue weighted by Crippen LogP contribution is 2.21. The van der Waals surface area contributed by atoms with E-state index in [4.69, 9.17) is 4.74 Å². The third-order valence-corrected chi connectivity index (χ3v) is 4.21. The van der Waals surface area contributed by atoms with Crippen LogP contribution >= 0.6 is 15.9 Å². The minimum absolute atomic E-state index is 0.612. The Morgan fingerprint density at radius 1 is 1.38 bits per heavy atom. The molecule has 1 aromatic rings. The van der Waals surface area contributed by atoms with Gasteiger partial charge in [-0.1, -0.05) is 34.1 Å². The van der Waals surface area contributed by atoms with Crippen molar-refractivity contribution >= 4 is 15.9 Å². The summed E-state index contributed by atoms with van der Waals surface area (Å²) >= 11 is 3.64. The lowest BCUT2D eigenvalue weighted by Crippen LogP contribution is -2.34. The van der Waals surface area contributed by atoms with Crippen molar-refractivity contribution in [1.29, 1.82) is 0 Å². The fourth-order valence-corrected chi connectivity index (χ4v) is 2.41. The van der Waals surface area contributed by atoms with E-state index in [1.54, 1.807) is 0 Å². The fourth-order valence-electron chi connectivity index (χ4n) is 2.00. The normalized spacial score (nSPS) is 17.6. The Balaban J connectivity index is 1.91. The van der Waals surface area contributed by atoms with Crippen LogP contribution in [-0.4, -0.2) is 19.3 Å². The first-order chi connectivity index (χ1) is 7.77. The van der Waals surface area contributed by atoms with Gasteiger partial charge in [0.05, 0.1) is 0 Å². The molecule has 88 valence electrons. The zero-order valence-corrected chi connectivity index (χ0v) is 11.2. The van der Waals surface area contributed by atoms with Crippen molar-refractivity contribution in [3.63, 3.8) is 0 Å². The first kappa shape index (κ1) is 12.1. The van der Waals surface area contributed by atoms with Crippen molar-refractivity contribution < 1.29 is 4.74 Å². The summed E-state index contributed by atoms with van der Waals surface area (Å²) in [5, 5.41) is 3.60. The standard InChI is InChI=1S/C13H18BrNO/c1-10-3-2-4-11(13(10)14)9-15-12-5-7-16-8-6-12/h2-4,12,15H,5-9H2,1H3. The zero-order chi connectivity index (χ0) is 11.4. The van der Waals surface area contributed by atoms with Gasteiger partial charge in [-0.25, -0.2) is 0 Å². The lowest BCUT2D eigenvalue weighted by atomic mass is 10.1. The van der Waals surface area contributed by atoms with Crippen molar-refractivity contribution in [1.82, 2.24) is 5.32 Å². The molecule has 16 heavy (non-hydrogen) atoms. The van der Waals surface area contributed by atoms with Crippen LogP contribution in [0.15, 0.2) is 22.7 Å². The summed E-state index contributed by atoms with van der Waals surface area (Å²) in [6, 6.07) is 7.02. The third-order valence-electron chi connectivity index (χ3n) is 3.07. The Morgan fingerprint density at radius 2 is 2.12 bits per heavy atom. The minimum Gasteiger partial charge on any atom is -0.381 e. The number of rotatable bonds is 3. The van der Waals surface area contributed by atoms with Crippen molar-refractivity contribution in [3.05, 3.63) is 33.8 Å². The van der Waals surface area contributed by atoms with Crippen LogP contribution in [-0.2, 0) is 11.3 Å². The fraction of sp³-hybridized carbons (Fsp3) is 0.538. The molecule has 0 atom stereocenters. The quantitative estimate of drug-likeness (QED) is 0.921. The Hall–Kier alpha value is -0.380. The molecule has 2 rings (SSSR count). The van der Waals surface area contributed by atoms with E-state index in [0.29, 0.717) is 6.04 Å². The van der Waals surface area contributed by atoms with Gasteiger partial charge >= 0.3 is 0 Å². The second kappa shape index (κ2) is 5.80. The molecular formula is C13H18BrNO. The third kappa shape index (κ3) is 3.06. The van der Waals surface area contributed by atoms with Gasteiger partial charge in [0.1, 0.15) is 0 Å². The van der Waals surface area contributed by atoms with Crippen LogP contribution in [0.5, 0.6) is 0 Å². The zero-order valence-electron chi connectivity index (χ0n) is 9.63. The average Bonchev–Trinajstić information content (AvgIpc) is 2.32. The van der Waals surface area contributed by atoms with Crippen LogP contribution in [0.1, 0.15) is 24.0 Å². The van der Waals surface area contributed by atoms with Gasteiger partial charge in [-0.05, 0) is 30.9 Å². The molecule has 0 spiro atoms. The molecule has 1 aromatic carbocycles. The molecule has 1 aliphatic heterocycles. The molecule has 1 aliphatic rings. The van der Waals surface area contributed by atoms with Crippen molar-refractivity contribution in [2.24, 2.45) is 0 Å². The van der Waals surface area contributed by atoms with E-state index in [1.807, 2.05) is 0 Å². The summed E-state index contributed by atoms with van der Waals surface area (Å²) < 4.78 is 6.58. The average molecular weight is 284 g/mol. The number of halogens is 1. The minimum atomic E-state index is 0.612. The highest BCUT2D eigenvalue weighted by Gasteiger charge is 2.13. The van der Waals surface area contributed by atoms with Crippen LogP contribution in [0.25, 0.3) is 0 Å². The topological polar surface area (TPSA) is 21.3 Å². The highest BCUT2D eigenvalue weighted by atomic mass is 79.9. The molecule has 1 fully saturated rings. The Morgan fingerprint density at radius 3 is 2.88 bits per heavy atom. The van der Waals surface area contributed by atoms with Crippen LogP contribution in [0, 0.1) is 6.92 Å². The number of hydrogen-bond donors (Lipinski definition) is 1. The predicted molar refractivity (Wildman–Crippen MR) is 69.6 cm³/mol. The van der Waals surface area contributed by atoms with Gasteiger partial charge in [0.2, 0.25) is 0 Å². The van der Waals surface area contributed by atoms with Gasteiger partial charge in [0.15, 0.2) is 0 Å². The molecule has 0 radical (unpaired) electrons. The monoisotopic (exact) mass is 283 g/mol. The summed E-state index contributed by atoms with van der Waals surface area (Å²) in [7, 11) is 0. The molecule has 0 aromatic heterocycles. The maximum atomic E-state index is 5.35. The van der Waals surface area contributed by atoms with Crippen LogP contribution in [0.3, 0.4) is 0 Å². The van der Waals surface area contributed by atoms with Crippen molar-refractivity contribution in [2.45, 2.75) is 32.4 Å². The van der Waals surface area contributed by atoms with Crippen molar-refractivity contribution in [3.8, 4) is 0 Å². The SMILES string of the molecule is Cc1cccc(CNC2CCOCC2)c1Br. The lowest BCUT2D eigenvalue weighted by Gasteiger charge is -2.23. The maximum absolute atomic E-state index is 5.35. The first-order valence-corrected chi connectivity index (χ1v) is 6.62. The molecule has 2 nitrogen and oxygen atoms in total.